The summed E-state index contributed by atoms with van der Waals surface area (Å²) in [4.78, 5) is 31.7. The lowest BCUT2D eigenvalue weighted by Gasteiger charge is -2.32. The van der Waals surface area contributed by atoms with Gasteiger partial charge in [-0.05, 0) is 81.0 Å². The van der Waals surface area contributed by atoms with Crippen LogP contribution in [0.1, 0.15) is 64.4 Å². The summed E-state index contributed by atoms with van der Waals surface area (Å²) < 4.78 is 0. The Balaban J connectivity index is 1.43. The van der Waals surface area contributed by atoms with Crippen molar-refractivity contribution in [3.05, 3.63) is 83.2 Å². The number of amides is 2. The normalized spacial score (nSPS) is 14.1. The van der Waals surface area contributed by atoms with Crippen molar-refractivity contribution in [2.75, 3.05) is 24.1 Å². The number of pyridine rings is 1. The first-order valence-corrected chi connectivity index (χ1v) is 12.1. The summed E-state index contributed by atoms with van der Waals surface area (Å²) in [7, 11) is 0. The van der Waals surface area contributed by atoms with Gasteiger partial charge in [-0.15, -0.1) is 0 Å². The van der Waals surface area contributed by atoms with Gasteiger partial charge in [-0.2, -0.15) is 0 Å². The standard InChI is InChI=1S/C28H33N5O2/c1-18(2)31-27(34)23-14-25(17-30-16-23)32-26-15-22(5-4-19(26)3)28(35)33-12-10-21(11-13-33)20-6-8-24(29)9-7-20/h4-9,14-18,21,32H,10-13,29H2,1-3H3,(H,31,34). The molecular formula is C28H33N5O2. The zero-order valence-electron chi connectivity index (χ0n) is 20.5. The van der Waals surface area contributed by atoms with Crippen LogP contribution in [0, 0.1) is 6.92 Å². The maximum Gasteiger partial charge on any atom is 0.253 e. The minimum Gasteiger partial charge on any atom is -0.399 e. The van der Waals surface area contributed by atoms with Crippen molar-refractivity contribution in [1.29, 1.82) is 0 Å². The number of aromatic nitrogens is 1. The van der Waals surface area contributed by atoms with Crippen molar-refractivity contribution in [3.63, 3.8) is 0 Å². The lowest BCUT2D eigenvalue weighted by atomic mass is 9.89. The molecule has 0 saturated carbocycles. The van der Waals surface area contributed by atoms with Crippen LogP contribution in [-0.2, 0) is 0 Å². The highest BCUT2D eigenvalue weighted by Crippen LogP contribution is 2.30. The van der Waals surface area contributed by atoms with Gasteiger partial charge in [0.2, 0.25) is 0 Å². The third kappa shape index (κ3) is 5.98. The highest BCUT2D eigenvalue weighted by atomic mass is 16.2. The number of hydrogen-bond acceptors (Lipinski definition) is 5. The first-order valence-electron chi connectivity index (χ1n) is 12.1. The Hall–Kier alpha value is -3.87. The molecule has 0 aliphatic carbocycles. The number of carbonyl (C=O) groups is 2. The van der Waals surface area contributed by atoms with Crippen molar-refractivity contribution < 1.29 is 9.59 Å². The van der Waals surface area contributed by atoms with Crippen LogP contribution in [0.5, 0.6) is 0 Å². The second-order valence-electron chi connectivity index (χ2n) is 9.48. The average Bonchev–Trinajstić information content (AvgIpc) is 2.85. The molecule has 1 fully saturated rings. The number of carbonyl (C=O) groups excluding carboxylic acids is 2. The number of nitrogens with two attached hydrogens (primary N) is 1. The minimum atomic E-state index is -0.167. The number of piperidine rings is 1. The molecule has 4 N–H and O–H groups in total. The van der Waals surface area contributed by atoms with E-state index in [0.29, 0.717) is 22.7 Å². The summed E-state index contributed by atoms with van der Waals surface area (Å²) in [6, 6.07) is 15.6. The Bertz CT molecular complexity index is 1200. The Morgan fingerprint density at radius 3 is 2.40 bits per heavy atom. The molecule has 7 nitrogen and oxygen atoms in total. The highest BCUT2D eigenvalue weighted by Gasteiger charge is 2.25. The van der Waals surface area contributed by atoms with Crippen LogP contribution >= 0.6 is 0 Å². The zero-order valence-corrected chi connectivity index (χ0v) is 20.5. The SMILES string of the molecule is Cc1ccc(C(=O)N2CCC(c3ccc(N)cc3)CC2)cc1Nc1cncc(C(=O)NC(C)C)c1. The monoisotopic (exact) mass is 471 g/mol. The number of hydrogen-bond donors (Lipinski definition) is 3. The molecule has 7 heteroatoms. The van der Waals surface area contributed by atoms with Crippen LogP contribution in [0.2, 0.25) is 0 Å². The summed E-state index contributed by atoms with van der Waals surface area (Å²) in [5, 5.41) is 6.20. The average molecular weight is 472 g/mol. The summed E-state index contributed by atoms with van der Waals surface area (Å²) >= 11 is 0. The van der Waals surface area contributed by atoms with Crippen molar-refractivity contribution in [2.24, 2.45) is 0 Å². The van der Waals surface area contributed by atoms with E-state index in [9.17, 15) is 9.59 Å². The van der Waals surface area contributed by atoms with Gasteiger partial charge in [-0.1, -0.05) is 18.2 Å². The van der Waals surface area contributed by atoms with Crippen molar-refractivity contribution in [1.82, 2.24) is 15.2 Å². The molecule has 1 aliphatic heterocycles. The van der Waals surface area contributed by atoms with Gasteiger partial charge in [0.25, 0.3) is 11.8 Å². The van der Waals surface area contributed by atoms with Crippen molar-refractivity contribution in [3.8, 4) is 0 Å². The number of nitrogen functional groups attached to an aromatic ring is 1. The lowest BCUT2D eigenvalue weighted by Crippen LogP contribution is -2.37. The summed E-state index contributed by atoms with van der Waals surface area (Å²) in [6.07, 6.45) is 5.08. The molecule has 3 aromatic rings. The van der Waals surface area contributed by atoms with E-state index in [1.165, 1.54) is 5.56 Å². The van der Waals surface area contributed by atoms with Crippen LogP contribution in [0.3, 0.4) is 0 Å². The molecule has 1 saturated heterocycles. The quantitative estimate of drug-likeness (QED) is 0.445. The number of nitrogens with one attached hydrogen (secondary N) is 2. The Morgan fingerprint density at radius 2 is 1.71 bits per heavy atom. The molecule has 0 bridgehead atoms. The third-order valence-corrected chi connectivity index (χ3v) is 6.37. The molecule has 0 spiro atoms. The largest absolute Gasteiger partial charge is 0.399 e. The predicted molar refractivity (Wildman–Crippen MR) is 140 cm³/mol. The predicted octanol–water partition coefficient (Wildman–Crippen LogP) is 4.87. The molecule has 2 amide bonds. The van der Waals surface area contributed by atoms with Crippen LogP contribution in [0.4, 0.5) is 17.1 Å². The van der Waals surface area contributed by atoms with E-state index >= 15 is 0 Å². The Kier molecular flexibility index (Phi) is 7.34. The van der Waals surface area contributed by atoms with E-state index < -0.39 is 0 Å². The van der Waals surface area contributed by atoms with E-state index in [4.69, 9.17) is 5.73 Å². The molecular weight excluding hydrogens is 438 g/mol. The molecule has 0 radical (unpaired) electrons. The summed E-state index contributed by atoms with van der Waals surface area (Å²) in [5.41, 5.74) is 11.5. The fraction of sp³-hybridized carbons (Fsp3) is 0.321. The molecule has 182 valence electrons. The van der Waals surface area contributed by atoms with Gasteiger partial charge in [-0.25, -0.2) is 0 Å². The van der Waals surface area contributed by atoms with E-state index in [2.05, 4.69) is 27.8 Å². The molecule has 35 heavy (non-hydrogen) atoms. The van der Waals surface area contributed by atoms with Crippen molar-refractivity contribution in [2.45, 2.75) is 45.6 Å². The van der Waals surface area contributed by atoms with Crippen LogP contribution in [0.15, 0.2) is 60.9 Å². The third-order valence-electron chi connectivity index (χ3n) is 6.37. The van der Waals surface area contributed by atoms with Gasteiger partial charge < -0.3 is 21.3 Å². The summed E-state index contributed by atoms with van der Waals surface area (Å²) in [5.74, 6) is 0.314. The van der Waals surface area contributed by atoms with Gasteiger partial charge >= 0.3 is 0 Å². The molecule has 1 aliphatic rings. The van der Waals surface area contributed by atoms with Gasteiger partial charge in [-0.3, -0.25) is 14.6 Å². The molecule has 2 aromatic carbocycles. The molecule has 4 rings (SSSR count). The fourth-order valence-electron chi connectivity index (χ4n) is 4.39. The van der Waals surface area contributed by atoms with Gasteiger partial charge in [0, 0.05) is 42.3 Å². The number of anilines is 3. The van der Waals surface area contributed by atoms with E-state index in [-0.39, 0.29) is 17.9 Å². The minimum absolute atomic E-state index is 0.0343. The molecule has 0 atom stereocenters. The first-order chi connectivity index (χ1) is 16.8. The maximum absolute atomic E-state index is 13.3. The smallest absolute Gasteiger partial charge is 0.253 e. The van der Waals surface area contributed by atoms with E-state index in [0.717, 1.165) is 42.9 Å². The van der Waals surface area contributed by atoms with Gasteiger partial charge in [0.05, 0.1) is 17.4 Å². The summed E-state index contributed by atoms with van der Waals surface area (Å²) in [6.45, 7) is 7.26. The number of aryl methyl sites for hydroxylation is 1. The topological polar surface area (TPSA) is 100 Å². The number of nitrogens with zero attached hydrogens (tertiary/aromatic N) is 2. The first kappa shape index (κ1) is 24.3. The second-order valence-corrected chi connectivity index (χ2v) is 9.48. The molecule has 2 heterocycles. The van der Waals surface area contributed by atoms with Gasteiger partial charge in [0.1, 0.15) is 0 Å². The fourth-order valence-corrected chi connectivity index (χ4v) is 4.39. The molecule has 1 aromatic heterocycles. The van der Waals surface area contributed by atoms with Gasteiger partial charge in [0.15, 0.2) is 0 Å². The lowest BCUT2D eigenvalue weighted by molar-refractivity contribution is 0.0713. The van der Waals surface area contributed by atoms with Crippen LogP contribution in [0.25, 0.3) is 0 Å². The number of benzene rings is 2. The molecule has 0 unspecified atom stereocenters. The van der Waals surface area contributed by atoms with Crippen molar-refractivity contribution >= 4 is 28.9 Å². The zero-order chi connectivity index (χ0) is 24.9. The van der Waals surface area contributed by atoms with Crippen LogP contribution in [-0.4, -0.2) is 40.8 Å². The van der Waals surface area contributed by atoms with Crippen LogP contribution < -0.4 is 16.4 Å². The maximum atomic E-state index is 13.3. The number of rotatable bonds is 6. The Morgan fingerprint density at radius 1 is 1.00 bits per heavy atom. The van der Waals surface area contributed by atoms with E-state index in [1.807, 2.05) is 56.0 Å². The van der Waals surface area contributed by atoms with E-state index in [1.54, 1.807) is 18.5 Å². The Labute approximate surface area is 206 Å². The number of likely N-dealkylation sites (tertiary alicyclic amines) is 1. The highest BCUT2D eigenvalue weighted by molar-refractivity contribution is 5.96. The second kappa shape index (κ2) is 10.6.